The molecule has 1 amide bonds. The van der Waals surface area contributed by atoms with Crippen LogP contribution in [0.25, 0.3) is 0 Å². The maximum absolute atomic E-state index is 12.6. The summed E-state index contributed by atoms with van der Waals surface area (Å²) in [5, 5.41) is 3.18. The van der Waals surface area contributed by atoms with Crippen LogP contribution >= 0.6 is 11.8 Å². The van der Waals surface area contributed by atoms with E-state index in [1.165, 1.54) is 17.3 Å². The van der Waals surface area contributed by atoms with Crippen molar-refractivity contribution in [2.24, 2.45) is 0 Å². The molecule has 29 heavy (non-hydrogen) atoms. The van der Waals surface area contributed by atoms with Crippen LogP contribution in [0.2, 0.25) is 0 Å². The number of rotatable bonds is 6. The van der Waals surface area contributed by atoms with E-state index in [2.05, 4.69) is 26.3 Å². The third-order valence-corrected chi connectivity index (χ3v) is 5.65. The molecule has 0 aliphatic carbocycles. The first-order valence-corrected chi connectivity index (χ1v) is 10.5. The van der Waals surface area contributed by atoms with Crippen LogP contribution in [0.15, 0.2) is 48.5 Å². The van der Waals surface area contributed by atoms with Crippen molar-refractivity contribution >= 4 is 40.9 Å². The summed E-state index contributed by atoms with van der Waals surface area (Å²) in [5.41, 5.74) is 10.1. The van der Waals surface area contributed by atoms with Gasteiger partial charge >= 0.3 is 0 Å². The third kappa shape index (κ3) is 4.48. The molecule has 8 heteroatoms. The van der Waals surface area contributed by atoms with Crippen LogP contribution in [0, 0.1) is 6.92 Å². The molecule has 0 radical (unpaired) electrons. The zero-order chi connectivity index (χ0) is 20.2. The summed E-state index contributed by atoms with van der Waals surface area (Å²) < 4.78 is 0. The number of nitrogen functional groups attached to an aromatic ring is 1. The Labute approximate surface area is 173 Å². The number of amides is 1. The predicted molar refractivity (Wildman–Crippen MR) is 117 cm³/mol. The van der Waals surface area contributed by atoms with Crippen molar-refractivity contribution in [3.05, 3.63) is 65.5 Å². The molecule has 3 N–H and O–H groups in total. The molecule has 1 aliphatic rings. The van der Waals surface area contributed by atoms with Crippen LogP contribution in [-0.4, -0.2) is 33.2 Å². The van der Waals surface area contributed by atoms with Crippen molar-refractivity contribution in [1.29, 1.82) is 0 Å². The summed E-state index contributed by atoms with van der Waals surface area (Å²) >= 11 is 1.48. The van der Waals surface area contributed by atoms with E-state index in [9.17, 15) is 4.79 Å². The first-order valence-electron chi connectivity index (χ1n) is 9.39. The molecule has 0 saturated heterocycles. The normalized spacial score (nSPS) is 12.7. The van der Waals surface area contributed by atoms with E-state index < -0.39 is 0 Å². The van der Waals surface area contributed by atoms with Gasteiger partial charge in [0.1, 0.15) is 5.82 Å². The highest BCUT2D eigenvalue weighted by atomic mass is 32.2. The fraction of sp³-hybridized carbons (Fsp3) is 0.238. The second kappa shape index (κ2) is 8.48. The number of carbonyl (C=O) groups excluding carboxylic acids is 1. The number of benzene rings is 2. The highest BCUT2D eigenvalue weighted by Gasteiger charge is 2.23. The molecule has 0 bridgehead atoms. The number of aryl methyl sites for hydroxylation is 1. The molecule has 1 aromatic heterocycles. The number of hydrogen-bond donors (Lipinski definition) is 2. The molecule has 0 fully saturated rings. The summed E-state index contributed by atoms with van der Waals surface area (Å²) in [5.74, 6) is 2.05. The number of para-hydroxylation sites is 2. The van der Waals surface area contributed by atoms with E-state index in [0.29, 0.717) is 23.3 Å². The van der Waals surface area contributed by atoms with Crippen molar-refractivity contribution in [3.63, 3.8) is 0 Å². The Morgan fingerprint density at radius 1 is 1.14 bits per heavy atom. The summed E-state index contributed by atoms with van der Waals surface area (Å²) in [6, 6.07) is 15.9. The lowest BCUT2D eigenvalue weighted by Gasteiger charge is -2.17. The van der Waals surface area contributed by atoms with Crippen LogP contribution < -0.4 is 16.0 Å². The monoisotopic (exact) mass is 406 g/mol. The summed E-state index contributed by atoms with van der Waals surface area (Å²) in [7, 11) is 0. The van der Waals surface area contributed by atoms with E-state index in [-0.39, 0.29) is 11.9 Å². The lowest BCUT2D eigenvalue weighted by molar-refractivity contribution is -0.116. The van der Waals surface area contributed by atoms with Gasteiger partial charge in [-0.05, 0) is 36.6 Å². The van der Waals surface area contributed by atoms with Crippen molar-refractivity contribution in [3.8, 4) is 0 Å². The number of thioether (sulfide) groups is 1. The maximum Gasteiger partial charge on any atom is 0.237 e. The Morgan fingerprint density at radius 3 is 2.79 bits per heavy atom. The number of nitrogens with two attached hydrogens (primary N) is 1. The van der Waals surface area contributed by atoms with Gasteiger partial charge in [0, 0.05) is 17.9 Å². The zero-order valence-electron chi connectivity index (χ0n) is 16.1. The Kier molecular flexibility index (Phi) is 5.62. The van der Waals surface area contributed by atoms with Gasteiger partial charge in [-0.2, -0.15) is 15.0 Å². The topological polar surface area (TPSA) is 97.0 Å². The molecular weight excluding hydrogens is 384 g/mol. The van der Waals surface area contributed by atoms with Crippen molar-refractivity contribution in [2.75, 3.05) is 28.2 Å². The second-order valence-electron chi connectivity index (χ2n) is 6.79. The maximum atomic E-state index is 12.6. The minimum Gasteiger partial charge on any atom is -0.368 e. The third-order valence-electron chi connectivity index (χ3n) is 4.74. The van der Waals surface area contributed by atoms with Crippen LogP contribution in [-0.2, 0) is 17.0 Å². The predicted octanol–water partition coefficient (Wildman–Crippen LogP) is 3.33. The van der Waals surface area contributed by atoms with E-state index in [1.807, 2.05) is 54.3 Å². The molecule has 0 unspecified atom stereocenters. The van der Waals surface area contributed by atoms with Gasteiger partial charge in [-0.25, -0.2) is 0 Å². The van der Waals surface area contributed by atoms with Crippen LogP contribution in [0.1, 0.15) is 17.0 Å². The van der Waals surface area contributed by atoms with Crippen molar-refractivity contribution in [1.82, 2.24) is 15.0 Å². The minimum atomic E-state index is 0.0974. The van der Waals surface area contributed by atoms with Gasteiger partial charge in [-0.15, -0.1) is 11.8 Å². The summed E-state index contributed by atoms with van der Waals surface area (Å²) in [4.78, 5) is 27.3. The first kappa shape index (κ1) is 19.2. The number of aromatic nitrogens is 3. The van der Waals surface area contributed by atoms with Gasteiger partial charge in [0.2, 0.25) is 17.8 Å². The van der Waals surface area contributed by atoms with Gasteiger partial charge in [-0.1, -0.05) is 36.4 Å². The number of carbonyl (C=O) groups is 1. The molecule has 148 valence electrons. The van der Waals surface area contributed by atoms with E-state index >= 15 is 0 Å². The smallest absolute Gasteiger partial charge is 0.237 e. The zero-order valence-corrected chi connectivity index (χ0v) is 16.9. The Hall–Kier alpha value is -3.13. The molecule has 2 aromatic carbocycles. The standard InChI is InChI=1S/C21H22N6OS/c1-14-6-2-4-8-16(14)23-21-25-18(24-20(22)26-21)12-29-13-19(28)27-11-10-15-7-3-5-9-17(15)27/h2-9H,10-13H2,1H3,(H3,22,23,24,25,26). The molecule has 3 aromatic rings. The molecule has 4 rings (SSSR count). The van der Waals surface area contributed by atoms with Crippen LogP contribution in [0.4, 0.5) is 23.3 Å². The quantitative estimate of drug-likeness (QED) is 0.648. The SMILES string of the molecule is Cc1ccccc1Nc1nc(N)nc(CSCC(=O)N2CCc3ccccc32)n1. The number of nitrogens with zero attached hydrogens (tertiary/aromatic N) is 4. The van der Waals surface area contributed by atoms with E-state index in [0.717, 1.165) is 29.9 Å². The van der Waals surface area contributed by atoms with Gasteiger partial charge in [0.05, 0.1) is 11.5 Å². The molecule has 2 heterocycles. The number of anilines is 4. The highest BCUT2D eigenvalue weighted by molar-refractivity contribution is 7.99. The van der Waals surface area contributed by atoms with Crippen molar-refractivity contribution < 1.29 is 4.79 Å². The van der Waals surface area contributed by atoms with E-state index in [1.54, 1.807) is 0 Å². The lowest BCUT2D eigenvalue weighted by atomic mass is 10.2. The average molecular weight is 407 g/mol. The van der Waals surface area contributed by atoms with Gasteiger partial charge in [0.25, 0.3) is 0 Å². The average Bonchev–Trinajstić information content (AvgIpc) is 3.14. The van der Waals surface area contributed by atoms with Gasteiger partial charge in [0.15, 0.2) is 0 Å². The highest BCUT2D eigenvalue weighted by Crippen LogP contribution is 2.28. The fourth-order valence-electron chi connectivity index (χ4n) is 3.30. The first-order chi connectivity index (χ1) is 14.1. The largest absolute Gasteiger partial charge is 0.368 e. The molecule has 1 aliphatic heterocycles. The molecule has 0 spiro atoms. The van der Waals surface area contributed by atoms with Gasteiger partial charge < -0.3 is 16.0 Å². The van der Waals surface area contributed by atoms with Crippen LogP contribution in [0.5, 0.6) is 0 Å². The summed E-state index contributed by atoms with van der Waals surface area (Å²) in [6.45, 7) is 2.74. The number of hydrogen-bond acceptors (Lipinski definition) is 7. The van der Waals surface area contributed by atoms with Crippen molar-refractivity contribution in [2.45, 2.75) is 19.1 Å². The fourth-order valence-corrected chi connectivity index (χ4v) is 4.04. The number of nitrogens with one attached hydrogen (secondary N) is 1. The minimum absolute atomic E-state index is 0.0974. The summed E-state index contributed by atoms with van der Waals surface area (Å²) in [6.07, 6.45) is 0.907. The van der Waals surface area contributed by atoms with Gasteiger partial charge in [-0.3, -0.25) is 4.79 Å². The Balaban J connectivity index is 1.37. The van der Waals surface area contributed by atoms with E-state index in [4.69, 9.17) is 5.73 Å². The molecular formula is C21H22N6OS. The molecule has 0 saturated carbocycles. The number of fused-ring (bicyclic) bond motifs is 1. The second-order valence-corrected chi connectivity index (χ2v) is 7.78. The molecule has 7 nitrogen and oxygen atoms in total. The lowest BCUT2D eigenvalue weighted by Crippen LogP contribution is -2.30. The van der Waals surface area contributed by atoms with Crippen LogP contribution in [0.3, 0.4) is 0 Å². The Morgan fingerprint density at radius 2 is 1.93 bits per heavy atom. The Bertz CT molecular complexity index is 1040. The molecule has 0 atom stereocenters.